The summed E-state index contributed by atoms with van der Waals surface area (Å²) in [7, 11) is -2.17. The minimum atomic E-state index is -3.77. The number of hydrogen-bond donors (Lipinski definition) is 3. The third-order valence-electron chi connectivity index (χ3n) is 4.99. The smallest absolute Gasteiger partial charge is 0.267 e. The predicted molar refractivity (Wildman–Crippen MR) is 114 cm³/mol. The quantitative estimate of drug-likeness (QED) is 0.349. The van der Waals surface area contributed by atoms with Crippen molar-refractivity contribution in [2.24, 2.45) is 7.05 Å². The topological polar surface area (TPSA) is 117 Å². The van der Waals surface area contributed by atoms with Crippen LogP contribution in [0.2, 0.25) is 5.15 Å². The SMILES string of the molecule is Cc1nn(C)c(Cl)c1S(=O)(=O)NC1CCN(c2ccccc2/C=C/C(=O)NO)CC1. The molecule has 1 aromatic heterocycles. The second-order valence-electron chi connectivity index (χ2n) is 7.08. The van der Waals surface area contributed by atoms with Gasteiger partial charge in [-0.2, -0.15) is 5.10 Å². The van der Waals surface area contributed by atoms with E-state index in [0.717, 1.165) is 11.3 Å². The lowest BCUT2D eigenvalue weighted by Gasteiger charge is -2.34. The van der Waals surface area contributed by atoms with E-state index in [1.54, 1.807) is 25.5 Å². The Hall–Kier alpha value is -2.40. The molecule has 1 amide bonds. The number of sulfonamides is 1. The third kappa shape index (κ3) is 4.84. The molecule has 1 saturated heterocycles. The van der Waals surface area contributed by atoms with Gasteiger partial charge in [-0.25, -0.2) is 18.6 Å². The molecule has 0 atom stereocenters. The average Bonchev–Trinajstić information content (AvgIpc) is 2.98. The fourth-order valence-corrected chi connectivity index (χ4v) is 5.61. The molecular weight excluding hydrogens is 430 g/mol. The summed E-state index contributed by atoms with van der Waals surface area (Å²) in [5.74, 6) is -0.609. The number of nitrogens with one attached hydrogen (secondary N) is 2. The lowest BCUT2D eigenvalue weighted by molar-refractivity contribution is -0.124. The molecular formula is C19H24ClN5O4S. The second-order valence-corrected chi connectivity index (χ2v) is 9.09. The van der Waals surface area contributed by atoms with Crippen LogP contribution in [0.3, 0.4) is 0 Å². The van der Waals surface area contributed by atoms with Gasteiger partial charge in [-0.1, -0.05) is 29.8 Å². The lowest BCUT2D eigenvalue weighted by Crippen LogP contribution is -2.44. The van der Waals surface area contributed by atoms with Crippen molar-refractivity contribution in [3.05, 3.63) is 46.8 Å². The summed E-state index contributed by atoms with van der Waals surface area (Å²) in [6.45, 7) is 2.90. The van der Waals surface area contributed by atoms with E-state index in [1.165, 1.54) is 10.8 Å². The van der Waals surface area contributed by atoms with Gasteiger partial charge in [0.25, 0.3) is 5.91 Å². The summed E-state index contributed by atoms with van der Waals surface area (Å²) in [6.07, 6.45) is 4.11. The van der Waals surface area contributed by atoms with Crippen molar-refractivity contribution in [1.29, 1.82) is 0 Å². The van der Waals surface area contributed by atoms with Gasteiger partial charge in [-0.05, 0) is 37.5 Å². The first-order valence-electron chi connectivity index (χ1n) is 9.40. The summed E-state index contributed by atoms with van der Waals surface area (Å²) in [6, 6.07) is 7.37. The molecule has 0 bridgehead atoms. The molecule has 1 aliphatic heterocycles. The van der Waals surface area contributed by atoms with Crippen molar-refractivity contribution >= 4 is 39.3 Å². The molecule has 9 nitrogen and oxygen atoms in total. The summed E-state index contributed by atoms with van der Waals surface area (Å²) in [5.41, 5.74) is 3.69. The third-order valence-corrected chi connectivity index (χ3v) is 7.20. The van der Waals surface area contributed by atoms with E-state index in [2.05, 4.69) is 14.7 Å². The van der Waals surface area contributed by atoms with Crippen LogP contribution in [0, 0.1) is 6.92 Å². The van der Waals surface area contributed by atoms with E-state index < -0.39 is 15.9 Å². The number of halogens is 1. The Labute approximate surface area is 180 Å². The molecule has 1 aliphatic rings. The van der Waals surface area contributed by atoms with Crippen LogP contribution in [0.1, 0.15) is 24.1 Å². The van der Waals surface area contributed by atoms with Crippen LogP contribution >= 0.6 is 11.6 Å². The van der Waals surface area contributed by atoms with Gasteiger partial charge < -0.3 is 4.90 Å². The van der Waals surface area contributed by atoms with E-state index in [-0.39, 0.29) is 16.1 Å². The lowest BCUT2D eigenvalue weighted by atomic mass is 10.0. The largest absolute Gasteiger partial charge is 0.371 e. The van der Waals surface area contributed by atoms with Crippen molar-refractivity contribution < 1.29 is 18.4 Å². The Morgan fingerprint density at radius 3 is 2.57 bits per heavy atom. The van der Waals surface area contributed by atoms with E-state index in [9.17, 15) is 13.2 Å². The number of aryl methyl sites for hydroxylation is 2. The molecule has 0 saturated carbocycles. The predicted octanol–water partition coefficient (Wildman–Crippen LogP) is 1.85. The van der Waals surface area contributed by atoms with Crippen LogP contribution in [0.15, 0.2) is 35.2 Å². The standard InChI is InChI=1S/C19H24ClN5O4S/c1-13-18(19(20)24(2)21-13)30(28,29)23-15-9-11-25(12-10-15)16-6-4-3-5-14(16)7-8-17(26)22-27/h3-8,15,23,27H,9-12H2,1-2H3,(H,22,26)/b8-7+. The van der Waals surface area contributed by atoms with Crippen molar-refractivity contribution in [2.75, 3.05) is 18.0 Å². The summed E-state index contributed by atoms with van der Waals surface area (Å²) in [4.78, 5) is 13.4. The number of amides is 1. The van der Waals surface area contributed by atoms with Gasteiger partial charge in [0.15, 0.2) is 0 Å². The zero-order chi connectivity index (χ0) is 21.9. The first kappa shape index (κ1) is 22.3. The van der Waals surface area contributed by atoms with E-state index in [1.807, 2.05) is 24.3 Å². The highest BCUT2D eigenvalue weighted by Gasteiger charge is 2.30. The highest BCUT2D eigenvalue weighted by Crippen LogP contribution is 2.28. The van der Waals surface area contributed by atoms with Crippen LogP contribution in [0.25, 0.3) is 6.08 Å². The number of aromatic nitrogens is 2. The molecule has 0 unspecified atom stereocenters. The number of para-hydroxylation sites is 1. The molecule has 2 aromatic rings. The number of carbonyl (C=O) groups is 1. The minimum Gasteiger partial charge on any atom is -0.371 e. The van der Waals surface area contributed by atoms with E-state index in [4.69, 9.17) is 16.8 Å². The number of piperidine rings is 1. The molecule has 0 spiro atoms. The molecule has 1 fully saturated rings. The Kier molecular flexibility index (Phi) is 6.81. The molecule has 11 heteroatoms. The zero-order valence-electron chi connectivity index (χ0n) is 16.7. The molecule has 0 aliphatic carbocycles. The van der Waals surface area contributed by atoms with Gasteiger partial charge in [-0.15, -0.1) is 0 Å². The average molecular weight is 454 g/mol. The molecule has 30 heavy (non-hydrogen) atoms. The number of anilines is 1. The van der Waals surface area contributed by atoms with Crippen LogP contribution in [0.5, 0.6) is 0 Å². The van der Waals surface area contributed by atoms with Gasteiger partial charge in [0.05, 0.1) is 5.69 Å². The van der Waals surface area contributed by atoms with Gasteiger partial charge in [0.1, 0.15) is 10.0 Å². The Bertz CT molecular complexity index is 1060. The van der Waals surface area contributed by atoms with Crippen LogP contribution in [0.4, 0.5) is 5.69 Å². The first-order valence-corrected chi connectivity index (χ1v) is 11.3. The number of nitrogens with zero attached hydrogens (tertiary/aromatic N) is 3. The molecule has 162 valence electrons. The Balaban J connectivity index is 1.69. The number of carbonyl (C=O) groups excluding carboxylic acids is 1. The molecule has 3 N–H and O–H groups in total. The van der Waals surface area contributed by atoms with E-state index in [0.29, 0.717) is 31.6 Å². The minimum absolute atomic E-state index is 0.0201. The number of rotatable bonds is 6. The molecule has 1 aromatic carbocycles. The van der Waals surface area contributed by atoms with Crippen LogP contribution in [-0.4, -0.2) is 48.4 Å². The summed E-state index contributed by atoms with van der Waals surface area (Å²) >= 11 is 6.12. The number of hydrogen-bond acceptors (Lipinski definition) is 6. The highest BCUT2D eigenvalue weighted by molar-refractivity contribution is 7.89. The van der Waals surface area contributed by atoms with Crippen molar-refractivity contribution in [3.63, 3.8) is 0 Å². The van der Waals surface area contributed by atoms with Crippen molar-refractivity contribution in [1.82, 2.24) is 20.0 Å². The number of benzene rings is 1. The molecule has 3 rings (SSSR count). The maximum absolute atomic E-state index is 12.8. The monoisotopic (exact) mass is 453 g/mol. The first-order chi connectivity index (χ1) is 14.2. The fraction of sp³-hybridized carbons (Fsp3) is 0.368. The highest BCUT2D eigenvalue weighted by atomic mass is 35.5. The molecule has 0 radical (unpaired) electrons. The van der Waals surface area contributed by atoms with Gasteiger partial charge >= 0.3 is 0 Å². The second kappa shape index (κ2) is 9.17. The maximum atomic E-state index is 12.8. The number of hydroxylamine groups is 1. The van der Waals surface area contributed by atoms with Gasteiger partial charge in [0, 0.05) is 37.9 Å². The summed E-state index contributed by atoms with van der Waals surface area (Å²) < 4.78 is 29.7. The summed E-state index contributed by atoms with van der Waals surface area (Å²) in [5, 5.41) is 12.8. The van der Waals surface area contributed by atoms with Crippen molar-refractivity contribution in [2.45, 2.75) is 30.7 Å². The maximum Gasteiger partial charge on any atom is 0.267 e. The van der Waals surface area contributed by atoms with Crippen LogP contribution in [-0.2, 0) is 21.9 Å². The van der Waals surface area contributed by atoms with E-state index >= 15 is 0 Å². The van der Waals surface area contributed by atoms with Crippen LogP contribution < -0.4 is 15.1 Å². The Morgan fingerprint density at radius 2 is 1.97 bits per heavy atom. The Morgan fingerprint density at radius 1 is 1.30 bits per heavy atom. The zero-order valence-corrected chi connectivity index (χ0v) is 18.2. The van der Waals surface area contributed by atoms with Gasteiger partial charge in [0.2, 0.25) is 10.0 Å². The van der Waals surface area contributed by atoms with Crippen molar-refractivity contribution in [3.8, 4) is 0 Å². The van der Waals surface area contributed by atoms with Gasteiger partial charge in [-0.3, -0.25) is 14.7 Å². The normalized spacial score (nSPS) is 15.7. The fourth-order valence-electron chi connectivity index (χ4n) is 3.55. The molecule has 2 heterocycles.